The van der Waals surface area contributed by atoms with Gasteiger partial charge in [-0.2, -0.15) is 0 Å². The van der Waals surface area contributed by atoms with Crippen LogP contribution < -0.4 is 5.32 Å². The topological polar surface area (TPSA) is 82.8 Å². The summed E-state index contributed by atoms with van der Waals surface area (Å²) in [5.74, 6) is 0.607. The van der Waals surface area contributed by atoms with Crippen LogP contribution in [-0.2, 0) is 17.6 Å². The number of rotatable bonds is 12. The third-order valence-electron chi connectivity index (χ3n) is 4.92. The number of carbonyl (C=O) groups excluding carboxylic acids is 1. The van der Waals surface area contributed by atoms with Gasteiger partial charge in [0.25, 0.3) is 5.91 Å². The smallest absolute Gasteiger partial charge is 0.270 e. The summed E-state index contributed by atoms with van der Waals surface area (Å²) < 4.78 is 0. The number of benzene rings is 1. The minimum Gasteiger partial charge on any atom is -0.366 e. The predicted octanol–water partition coefficient (Wildman–Crippen LogP) is 3.88. The maximum absolute atomic E-state index is 12.3. The van der Waals surface area contributed by atoms with Gasteiger partial charge in [-0.1, -0.05) is 6.07 Å². The molecule has 8 heteroatoms. The molecular formula is C24H32N6OS. The summed E-state index contributed by atoms with van der Waals surface area (Å²) in [5.41, 5.74) is 5.81. The van der Waals surface area contributed by atoms with E-state index in [4.69, 9.17) is 0 Å². The predicted molar refractivity (Wildman–Crippen MR) is 135 cm³/mol. The van der Waals surface area contributed by atoms with Gasteiger partial charge in [-0.05, 0) is 56.7 Å². The van der Waals surface area contributed by atoms with Crippen molar-refractivity contribution in [1.82, 2.24) is 20.2 Å². The van der Waals surface area contributed by atoms with Crippen molar-refractivity contribution < 1.29 is 4.79 Å². The second-order valence-electron chi connectivity index (χ2n) is 7.37. The zero-order chi connectivity index (χ0) is 23.3. The molecule has 0 aliphatic rings. The Hall–Kier alpha value is -3.00. The number of carbonyl (C=O) groups is 1. The number of hydrogen-bond acceptors (Lipinski definition) is 6. The Morgan fingerprint density at radius 2 is 2.06 bits per heavy atom. The molecule has 1 aromatic heterocycles. The van der Waals surface area contributed by atoms with Gasteiger partial charge in [0.15, 0.2) is 0 Å². The molecule has 1 heterocycles. The Kier molecular flexibility index (Phi) is 10.6. The third-order valence-corrected chi connectivity index (χ3v) is 5.75. The van der Waals surface area contributed by atoms with Gasteiger partial charge in [0.1, 0.15) is 5.70 Å². The zero-order valence-electron chi connectivity index (χ0n) is 19.3. The Balaban J connectivity index is 1.85. The minimum absolute atomic E-state index is 0.234. The standard InChI is InChI=1S/C24H32N6OS/c1-6-30(5)17-29-22-14-18(2)20(13-19(22)3)8-12-32-16-23(25-4)24(31)28-9-7-21-15-26-10-11-27-21/h10-11,13-17H,4,6-9,12H2,1-3,5H3,(H,28,31)/b23-16-,29-17?. The Bertz CT molecular complexity index is 958. The van der Waals surface area contributed by atoms with Crippen LogP contribution in [0.3, 0.4) is 0 Å². The summed E-state index contributed by atoms with van der Waals surface area (Å²) in [6.07, 6.45) is 8.33. The third kappa shape index (κ3) is 8.26. The Morgan fingerprint density at radius 1 is 1.25 bits per heavy atom. The van der Waals surface area contributed by atoms with Crippen LogP contribution in [0.5, 0.6) is 0 Å². The first kappa shape index (κ1) is 25.3. The molecule has 0 atom stereocenters. The van der Waals surface area contributed by atoms with E-state index in [0.29, 0.717) is 18.7 Å². The van der Waals surface area contributed by atoms with E-state index in [-0.39, 0.29) is 5.91 Å². The normalized spacial score (nSPS) is 11.6. The molecule has 32 heavy (non-hydrogen) atoms. The van der Waals surface area contributed by atoms with E-state index in [9.17, 15) is 4.79 Å². The van der Waals surface area contributed by atoms with Crippen molar-refractivity contribution in [3.8, 4) is 0 Å². The summed E-state index contributed by atoms with van der Waals surface area (Å²) in [6, 6.07) is 4.33. The van der Waals surface area contributed by atoms with Crippen LogP contribution in [0.4, 0.5) is 5.69 Å². The van der Waals surface area contributed by atoms with E-state index < -0.39 is 0 Å². The lowest BCUT2D eigenvalue weighted by atomic mass is 10.0. The molecule has 0 bridgehead atoms. The van der Waals surface area contributed by atoms with Crippen LogP contribution in [0, 0.1) is 13.8 Å². The highest BCUT2D eigenvalue weighted by Crippen LogP contribution is 2.24. The molecular weight excluding hydrogens is 420 g/mol. The minimum atomic E-state index is -0.234. The van der Waals surface area contributed by atoms with Gasteiger partial charge in [0.05, 0.1) is 17.7 Å². The first-order chi connectivity index (χ1) is 15.4. The van der Waals surface area contributed by atoms with E-state index in [1.54, 1.807) is 35.8 Å². The van der Waals surface area contributed by atoms with Crippen molar-refractivity contribution in [2.75, 3.05) is 25.9 Å². The zero-order valence-corrected chi connectivity index (χ0v) is 20.2. The monoisotopic (exact) mass is 452 g/mol. The molecule has 0 saturated heterocycles. The van der Waals surface area contributed by atoms with Crippen LogP contribution in [0.25, 0.3) is 0 Å². The summed E-state index contributed by atoms with van der Waals surface area (Å²) in [6.45, 7) is 11.2. The van der Waals surface area contributed by atoms with E-state index in [2.05, 4.69) is 64.9 Å². The number of aromatic nitrogens is 2. The first-order valence-corrected chi connectivity index (χ1v) is 11.7. The number of hydrogen-bond donors (Lipinski definition) is 1. The highest BCUT2D eigenvalue weighted by Gasteiger charge is 2.08. The average Bonchev–Trinajstić information content (AvgIpc) is 2.80. The molecule has 0 saturated carbocycles. The number of aryl methyl sites for hydroxylation is 3. The van der Waals surface area contributed by atoms with Gasteiger partial charge in [0, 0.05) is 56.3 Å². The lowest BCUT2D eigenvalue weighted by Crippen LogP contribution is -2.26. The van der Waals surface area contributed by atoms with Gasteiger partial charge in [-0.3, -0.25) is 19.8 Å². The molecule has 0 radical (unpaired) electrons. The highest BCUT2D eigenvalue weighted by atomic mass is 32.2. The lowest BCUT2D eigenvalue weighted by molar-refractivity contribution is -0.117. The highest BCUT2D eigenvalue weighted by molar-refractivity contribution is 8.02. The molecule has 1 amide bonds. The number of nitrogens with one attached hydrogen (secondary N) is 1. The largest absolute Gasteiger partial charge is 0.366 e. The molecule has 0 spiro atoms. The van der Waals surface area contributed by atoms with Crippen LogP contribution >= 0.6 is 11.8 Å². The number of nitrogens with zero attached hydrogens (tertiary/aromatic N) is 5. The van der Waals surface area contributed by atoms with Crippen molar-refractivity contribution in [2.45, 2.75) is 33.6 Å². The van der Waals surface area contributed by atoms with Gasteiger partial charge in [-0.25, -0.2) is 4.99 Å². The maximum Gasteiger partial charge on any atom is 0.270 e. The van der Waals surface area contributed by atoms with Gasteiger partial charge in [0.2, 0.25) is 0 Å². The van der Waals surface area contributed by atoms with Crippen LogP contribution in [0.2, 0.25) is 0 Å². The average molecular weight is 453 g/mol. The lowest BCUT2D eigenvalue weighted by Gasteiger charge is -2.11. The van der Waals surface area contributed by atoms with Gasteiger partial charge in [-0.15, -0.1) is 11.8 Å². The molecule has 0 unspecified atom stereocenters. The van der Waals surface area contributed by atoms with Crippen LogP contribution in [0.1, 0.15) is 29.3 Å². The van der Waals surface area contributed by atoms with Gasteiger partial charge >= 0.3 is 0 Å². The van der Waals surface area contributed by atoms with Crippen LogP contribution in [-0.4, -0.2) is 59.7 Å². The Labute approximate surface area is 195 Å². The van der Waals surface area contributed by atoms with Crippen molar-refractivity contribution in [3.63, 3.8) is 0 Å². The van der Waals surface area contributed by atoms with Crippen molar-refractivity contribution >= 4 is 36.4 Å². The SMILES string of the molecule is C=N/C(=C\SCCc1cc(C)c(N=CN(C)CC)cc1C)C(=O)NCCc1cnccn1. The second-order valence-corrected chi connectivity index (χ2v) is 8.34. The van der Waals surface area contributed by atoms with E-state index >= 15 is 0 Å². The molecule has 2 rings (SSSR count). The number of aliphatic imine (C=N–C) groups is 2. The molecule has 1 N–H and O–H groups in total. The first-order valence-electron chi connectivity index (χ1n) is 10.6. The van der Waals surface area contributed by atoms with Gasteiger partial charge < -0.3 is 10.2 Å². The van der Waals surface area contributed by atoms with Crippen molar-refractivity contribution in [1.29, 1.82) is 0 Å². The van der Waals surface area contributed by atoms with Crippen molar-refractivity contribution in [2.24, 2.45) is 9.98 Å². The van der Waals surface area contributed by atoms with E-state index in [0.717, 1.165) is 35.7 Å². The fourth-order valence-electron chi connectivity index (χ4n) is 2.83. The number of amides is 1. The summed E-state index contributed by atoms with van der Waals surface area (Å²) in [4.78, 5) is 31.0. The fourth-order valence-corrected chi connectivity index (χ4v) is 3.63. The van der Waals surface area contributed by atoms with Crippen molar-refractivity contribution in [3.05, 3.63) is 64.2 Å². The maximum atomic E-state index is 12.3. The van der Waals surface area contributed by atoms with E-state index in [1.807, 2.05) is 18.3 Å². The molecule has 0 aliphatic heterocycles. The Morgan fingerprint density at radius 3 is 2.75 bits per heavy atom. The summed E-state index contributed by atoms with van der Waals surface area (Å²) in [5, 5.41) is 4.62. The van der Waals surface area contributed by atoms with Crippen LogP contribution in [0.15, 0.2) is 51.8 Å². The second kappa shape index (κ2) is 13.4. The molecule has 170 valence electrons. The molecule has 0 aliphatic carbocycles. The number of thioether (sulfide) groups is 1. The fraction of sp³-hybridized carbons (Fsp3) is 0.375. The summed E-state index contributed by atoms with van der Waals surface area (Å²) in [7, 11) is 2.01. The summed E-state index contributed by atoms with van der Waals surface area (Å²) >= 11 is 1.56. The molecule has 1 aromatic carbocycles. The quantitative estimate of drug-likeness (QED) is 0.229. The molecule has 2 aromatic rings. The van der Waals surface area contributed by atoms with E-state index in [1.165, 1.54) is 11.1 Å². The molecule has 0 fully saturated rings. The molecule has 7 nitrogen and oxygen atoms in total.